The Bertz CT molecular complexity index is 1620. The molecule has 4 aromatic rings. The Labute approximate surface area is 240 Å². The lowest BCUT2D eigenvalue weighted by Crippen LogP contribution is -2.47. The van der Waals surface area contributed by atoms with Gasteiger partial charge in [0.15, 0.2) is 0 Å². The summed E-state index contributed by atoms with van der Waals surface area (Å²) in [6, 6.07) is 15.9. The number of ether oxygens (including phenoxy) is 1. The monoisotopic (exact) mass is 576 g/mol. The first-order valence-electron chi connectivity index (χ1n) is 13.7. The van der Waals surface area contributed by atoms with Crippen molar-refractivity contribution in [3.63, 3.8) is 0 Å². The molecule has 0 saturated carbocycles. The minimum Gasteiger partial charge on any atom is -0.497 e. The van der Waals surface area contributed by atoms with Crippen LogP contribution in [0.5, 0.6) is 5.75 Å². The number of carbonyl (C=O) groups excluding carboxylic acids is 1. The standard InChI is InChI=1S/C32H28F4N4O2/c1-42-26-4-2-20(3-5-26)17-39-11-8-27-28(31(39)41)7-10-38-30(27)29-16-25(6-9-37-29)40-18-22(19-40)12-21-13-23(32(34,35)36)15-24(33)14-21/h2-7,9-10,13-16,22H,8,11-12,17-19H2,1H3. The molecule has 10 heteroatoms. The number of aromatic nitrogens is 2. The van der Waals surface area contributed by atoms with Gasteiger partial charge in [0.1, 0.15) is 11.6 Å². The lowest BCUT2D eigenvalue weighted by Gasteiger charge is -2.41. The van der Waals surface area contributed by atoms with Crippen molar-refractivity contribution in [2.75, 3.05) is 31.6 Å². The Morgan fingerprint density at radius 1 is 0.952 bits per heavy atom. The molecule has 0 spiro atoms. The van der Waals surface area contributed by atoms with Crippen molar-refractivity contribution in [2.24, 2.45) is 5.92 Å². The summed E-state index contributed by atoms with van der Waals surface area (Å²) in [5.41, 5.74) is 4.11. The summed E-state index contributed by atoms with van der Waals surface area (Å²) >= 11 is 0. The highest BCUT2D eigenvalue weighted by atomic mass is 19.4. The first-order valence-corrected chi connectivity index (χ1v) is 13.7. The molecule has 1 fully saturated rings. The highest BCUT2D eigenvalue weighted by molar-refractivity contribution is 5.98. The van der Waals surface area contributed by atoms with E-state index in [9.17, 15) is 22.4 Å². The largest absolute Gasteiger partial charge is 0.497 e. The number of benzene rings is 2. The minimum atomic E-state index is -4.58. The van der Waals surface area contributed by atoms with Crippen LogP contribution < -0.4 is 9.64 Å². The molecule has 216 valence electrons. The summed E-state index contributed by atoms with van der Waals surface area (Å²) in [5.74, 6) is -0.0694. The van der Waals surface area contributed by atoms with Crippen molar-refractivity contribution in [1.82, 2.24) is 14.9 Å². The molecule has 2 aromatic heterocycles. The first-order chi connectivity index (χ1) is 20.2. The van der Waals surface area contributed by atoms with E-state index in [1.807, 2.05) is 41.3 Å². The zero-order valence-electron chi connectivity index (χ0n) is 22.9. The summed E-state index contributed by atoms with van der Waals surface area (Å²) in [7, 11) is 1.62. The number of anilines is 1. The Balaban J connectivity index is 1.14. The number of rotatable bonds is 7. The first kappa shape index (κ1) is 27.7. The number of fused-ring (bicyclic) bond motifs is 1. The van der Waals surface area contributed by atoms with Crippen LogP contribution in [0.2, 0.25) is 0 Å². The van der Waals surface area contributed by atoms with Crippen molar-refractivity contribution in [3.8, 4) is 17.1 Å². The van der Waals surface area contributed by atoms with Gasteiger partial charge in [0.05, 0.1) is 24.1 Å². The second kappa shape index (κ2) is 11.1. The number of halogens is 4. The number of amides is 1. The summed E-state index contributed by atoms with van der Waals surface area (Å²) in [5, 5.41) is 0. The van der Waals surface area contributed by atoms with Crippen LogP contribution >= 0.6 is 0 Å². The van der Waals surface area contributed by atoms with Gasteiger partial charge in [0, 0.05) is 49.8 Å². The average Bonchev–Trinajstić information content (AvgIpc) is 2.96. The predicted octanol–water partition coefficient (Wildman–Crippen LogP) is 6.19. The van der Waals surface area contributed by atoms with Crippen LogP contribution in [0.25, 0.3) is 11.4 Å². The van der Waals surface area contributed by atoms with E-state index < -0.39 is 17.6 Å². The lowest BCUT2D eigenvalue weighted by molar-refractivity contribution is -0.137. The molecule has 0 atom stereocenters. The van der Waals surface area contributed by atoms with Gasteiger partial charge in [-0.1, -0.05) is 12.1 Å². The number of pyridine rings is 2. The molecule has 6 rings (SSSR count). The maximum atomic E-state index is 13.8. The minimum absolute atomic E-state index is 0.0523. The molecular weight excluding hydrogens is 548 g/mol. The molecule has 1 saturated heterocycles. The van der Waals surface area contributed by atoms with E-state index in [1.54, 1.807) is 25.6 Å². The van der Waals surface area contributed by atoms with E-state index in [4.69, 9.17) is 4.74 Å². The molecule has 2 aliphatic heterocycles. The van der Waals surface area contributed by atoms with Gasteiger partial charge in [0.2, 0.25) is 0 Å². The average molecular weight is 577 g/mol. The van der Waals surface area contributed by atoms with Gasteiger partial charge in [-0.05, 0) is 84.0 Å². The van der Waals surface area contributed by atoms with Crippen LogP contribution in [-0.4, -0.2) is 47.5 Å². The molecular formula is C32H28F4N4O2. The van der Waals surface area contributed by atoms with Crippen LogP contribution in [-0.2, 0) is 25.6 Å². The number of hydrogen-bond donors (Lipinski definition) is 0. The number of nitrogens with zero attached hydrogens (tertiary/aromatic N) is 4. The van der Waals surface area contributed by atoms with Crippen LogP contribution in [0.3, 0.4) is 0 Å². The predicted molar refractivity (Wildman–Crippen MR) is 150 cm³/mol. The van der Waals surface area contributed by atoms with Gasteiger partial charge in [-0.25, -0.2) is 4.39 Å². The van der Waals surface area contributed by atoms with Crippen molar-refractivity contribution >= 4 is 11.6 Å². The SMILES string of the molecule is COc1ccc(CN2CCc3c(ccnc3-c3cc(N4CC(Cc5cc(F)cc(C(F)(F)F)c5)C4)ccn3)C2=O)cc1. The molecule has 42 heavy (non-hydrogen) atoms. The zero-order chi connectivity index (χ0) is 29.4. The molecule has 4 heterocycles. The van der Waals surface area contributed by atoms with E-state index >= 15 is 0 Å². The second-order valence-electron chi connectivity index (χ2n) is 10.7. The molecule has 2 aliphatic rings. The van der Waals surface area contributed by atoms with E-state index in [2.05, 4.69) is 14.9 Å². The summed E-state index contributed by atoms with van der Waals surface area (Å²) in [6.07, 6.45) is -0.253. The quantitative estimate of drug-likeness (QED) is 0.246. The molecule has 0 bridgehead atoms. The Morgan fingerprint density at radius 2 is 1.71 bits per heavy atom. The third-order valence-corrected chi connectivity index (χ3v) is 7.86. The van der Waals surface area contributed by atoms with Gasteiger partial charge in [-0.2, -0.15) is 13.2 Å². The van der Waals surface area contributed by atoms with Crippen molar-refractivity contribution in [2.45, 2.75) is 25.6 Å². The topological polar surface area (TPSA) is 58.6 Å². The van der Waals surface area contributed by atoms with Crippen molar-refractivity contribution < 1.29 is 27.1 Å². The van der Waals surface area contributed by atoms with Gasteiger partial charge < -0.3 is 14.5 Å². The molecule has 0 aliphatic carbocycles. The maximum Gasteiger partial charge on any atom is 0.416 e. The Hall–Kier alpha value is -4.47. The Morgan fingerprint density at radius 3 is 2.45 bits per heavy atom. The lowest BCUT2D eigenvalue weighted by atomic mass is 9.90. The van der Waals surface area contributed by atoms with Gasteiger partial charge >= 0.3 is 6.18 Å². The Kier molecular flexibility index (Phi) is 7.30. The number of alkyl halides is 3. The second-order valence-corrected chi connectivity index (χ2v) is 10.7. The van der Waals surface area contributed by atoms with Crippen LogP contribution in [0, 0.1) is 11.7 Å². The fraction of sp³-hybridized carbons (Fsp3) is 0.281. The van der Waals surface area contributed by atoms with Crippen LogP contribution in [0.4, 0.5) is 23.2 Å². The smallest absolute Gasteiger partial charge is 0.416 e. The molecule has 0 radical (unpaired) electrons. The number of methoxy groups -OCH3 is 1. The van der Waals surface area contributed by atoms with E-state index in [-0.39, 0.29) is 11.8 Å². The zero-order valence-corrected chi connectivity index (χ0v) is 22.9. The summed E-state index contributed by atoms with van der Waals surface area (Å²) in [6.45, 7) is 2.30. The van der Waals surface area contributed by atoms with Gasteiger partial charge in [-0.15, -0.1) is 0 Å². The van der Waals surface area contributed by atoms with E-state index in [0.29, 0.717) is 67.6 Å². The highest BCUT2D eigenvalue weighted by Crippen LogP contribution is 2.34. The number of carbonyl (C=O) groups is 1. The van der Waals surface area contributed by atoms with Gasteiger partial charge in [0.25, 0.3) is 5.91 Å². The van der Waals surface area contributed by atoms with Crippen LogP contribution in [0.15, 0.2) is 73.1 Å². The fourth-order valence-corrected chi connectivity index (χ4v) is 5.71. The highest BCUT2D eigenvalue weighted by Gasteiger charge is 2.33. The summed E-state index contributed by atoms with van der Waals surface area (Å²) in [4.78, 5) is 26.5. The maximum absolute atomic E-state index is 13.8. The number of hydrogen-bond acceptors (Lipinski definition) is 5. The van der Waals surface area contributed by atoms with Crippen molar-refractivity contribution in [1.29, 1.82) is 0 Å². The van der Waals surface area contributed by atoms with Crippen molar-refractivity contribution in [3.05, 3.63) is 107 Å². The van der Waals surface area contributed by atoms with E-state index in [1.165, 1.54) is 6.07 Å². The normalized spacial score (nSPS) is 15.4. The third-order valence-electron chi connectivity index (χ3n) is 7.86. The molecule has 2 aromatic carbocycles. The molecule has 1 amide bonds. The fourth-order valence-electron chi connectivity index (χ4n) is 5.71. The summed E-state index contributed by atoms with van der Waals surface area (Å²) < 4.78 is 58.3. The molecule has 0 N–H and O–H groups in total. The third kappa shape index (κ3) is 5.66. The van der Waals surface area contributed by atoms with E-state index in [0.717, 1.165) is 28.6 Å². The molecule has 6 nitrogen and oxygen atoms in total. The van der Waals surface area contributed by atoms with Crippen LogP contribution in [0.1, 0.15) is 32.6 Å². The molecule has 0 unspecified atom stereocenters. The van der Waals surface area contributed by atoms with Gasteiger partial charge in [-0.3, -0.25) is 14.8 Å².